The van der Waals surface area contributed by atoms with Crippen molar-refractivity contribution in [2.75, 3.05) is 6.54 Å². The van der Waals surface area contributed by atoms with Crippen LogP contribution in [0.3, 0.4) is 0 Å². The molecule has 1 atom stereocenters. The molecule has 0 radical (unpaired) electrons. The summed E-state index contributed by atoms with van der Waals surface area (Å²) in [7, 11) is 0. The van der Waals surface area contributed by atoms with Crippen LogP contribution in [0.4, 0.5) is 13.2 Å². The molecule has 1 aromatic carbocycles. The number of nitrogens with zero attached hydrogens (tertiary/aromatic N) is 1. The standard InChI is InChI=1S/C15H16F3NO4/c16-15(17,18)23-11-6-4-10(5-7-11)9-13(20)19-8-2-1-3-12(19)14(21)22/h4-7,12H,1-3,8-9H2,(H,21,22). The number of piperidine rings is 1. The smallest absolute Gasteiger partial charge is 0.480 e. The largest absolute Gasteiger partial charge is 0.573 e. The molecule has 0 aromatic heterocycles. The number of halogens is 3. The predicted octanol–water partition coefficient (Wildman–Crippen LogP) is 2.59. The number of alkyl halides is 3. The van der Waals surface area contributed by atoms with E-state index in [0.717, 1.165) is 25.0 Å². The van der Waals surface area contributed by atoms with E-state index in [-0.39, 0.29) is 18.1 Å². The molecule has 8 heteroatoms. The van der Waals surface area contributed by atoms with Crippen LogP contribution >= 0.6 is 0 Å². The molecule has 1 aliphatic rings. The zero-order chi connectivity index (χ0) is 17.0. The Bertz CT molecular complexity index is 571. The van der Waals surface area contributed by atoms with E-state index in [2.05, 4.69) is 4.74 Å². The lowest BCUT2D eigenvalue weighted by atomic mass is 10.0. The highest BCUT2D eigenvalue weighted by Gasteiger charge is 2.32. The Morgan fingerprint density at radius 2 is 1.87 bits per heavy atom. The van der Waals surface area contributed by atoms with Crippen molar-refractivity contribution in [3.8, 4) is 5.75 Å². The fourth-order valence-corrected chi connectivity index (χ4v) is 2.57. The summed E-state index contributed by atoms with van der Waals surface area (Å²) in [6.07, 6.45) is -2.91. The van der Waals surface area contributed by atoms with Gasteiger partial charge in [-0.2, -0.15) is 0 Å². The molecule has 1 amide bonds. The first kappa shape index (κ1) is 17.1. The monoisotopic (exact) mass is 331 g/mol. The third-order valence-electron chi connectivity index (χ3n) is 3.62. The highest BCUT2D eigenvalue weighted by Crippen LogP contribution is 2.23. The molecular formula is C15H16F3NO4. The van der Waals surface area contributed by atoms with E-state index >= 15 is 0 Å². The van der Waals surface area contributed by atoms with Crippen molar-refractivity contribution in [2.24, 2.45) is 0 Å². The Labute approximate surface area is 130 Å². The van der Waals surface area contributed by atoms with Crippen LogP contribution in [-0.4, -0.2) is 40.8 Å². The summed E-state index contributed by atoms with van der Waals surface area (Å²) in [6.45, 7) is 0.380. The van der Waals surface area contributed by atoms with Crippen molar-refractivity contribution < 1.29 is 32.6 Å². The van der Waals surface area contributed by atoms with E-state index in [1.807, 2.05) is 0 Å². The van der Waals surface area contributed by atoms with Crippen LogP contribution in [-0.2, 0) is 16.0 Å². The summed E-state index contributed by atoms with van der Waals surface area (Å²) in [5.74, 6) is -1.75. The molecule has 1 unspecified atom stereocenters. The molecule has 2 rings (SSSR count). The number of benzene rings is 1. The summed E-state index contributed by atoms with van der Waals surface area (Å²) in [5, 5.41) is 9.15. The van der Waals surface area contributed by atoms with Gasteiger partial charge in [0, 0.05) is 6.54 Å². The number of ether oxygens (including phenoxy) is 1. The lowest BCUT2D eigenvalue weighted by Crippen LogP contribution is -2.48. The molecule has 0 bridgehead atoms. The minimum absolute atomic E-state index is 0.0594. The Balaban J connectivity index is 2.00. The van der Waals surface area contributed by atoms with Gasteiger partial charge in [0.1, 0.15) is 11.8 Å². The molecule has 5 nitrogen and oxygen atoms in total. The van der Waals surface area contributed by atoms with Crippen molar-refractivity contribution in [3.63, 3.8) is 0 Å². The van der Waals surface area contributed by atoms with Gasteiger partial charge in [-0.3, -0.25) is 4.79 Å². The number of carboxylic acid groups (broad SMARTS) is 1. The van der Waals surface area contributed by atoms with Crippen molar-refractivity contribution >= 4 is 11.9 Å². The maximum absolute atomic E-state index is 12.2. The summed E-state index contributed by atoms with van der Waals surface area (Å²) in [6, 6.07) is 4.14. The quantitative estimate of drug-likeness (QED) is 0.921. The Kier molecular flexibility index (Phi) is 5.12. The van der Waals surface area contributed by atoms with Crippen LogP contribution in [0.5, 0.6) is 5.75 Å². The van der Waals surface area contributed by atoms with E-state index in [1.54, 1.807) is 0 Å². The van der Waals surface area contributed by atoms with Gasteiger partial charge in [0.15, 0.2) is 0 Å². The van der Waals surface area contributed by atoms with Gasteiger partial charge >= 0.3 is 12.3 Å². The lowest BCUT2D eigenvalue weighted by molar-refractivity contribution is -0.274. The van der Waals surface area contributed by atoms with Crippen molar-refractivity contribution in [2.45, 2.75) is 38.1 Å². The minimum Gasteiger partial charge on any atom is -0.480 e. The zero-order valence-corrected chi connectivity index (χ0v) is 12.2. The number of hydrogen-bond acceptors (Lipinski definition) is 3. The van der Waals surface area contributed by atoms with Crippen molar-refractivity contribution in [1.29, 1.82) is 0 Å². The summed E-state index contributed by atoms with van der Waals surface area (Å²) in [5.41, 5.74) is 0.499. The second kappa shape index (κ2) is 6.89. The molecular weight excluding hydrogens is 315 g/mol. The van der Waals surface area contributed by atoms with E-state index in [1.165, 1.54) is 17.0 Å². The Hall–Kier alpha value is -2.25. The van der Waals surface area contributed by atoms with Gasteiger partial charge in [-0.15, -0.1) is 13.2 Å². The van der Waals surface area contributed by atoms with Crippen LogP contribution in [0.25, 0.3) is 0 Å². The van der Waals surface area contributed by atoms with Crippen LogP contribution in [0.2, 0.25) is 0 Å². The number of amides is 1. The minimum atomic E-state index is -4.76. The molecule has 0 spiro atoms. The maximum atomic E-state index is 12.2. The molecule has 1 aliphatic heterocycles. The topological polar surface area (TPSA) is 66.8 Å². The van der Waals surface area contributed by atoms with Gasteiger partial charge < -0.3 is 14.7 Å². The fourth-order valence-electron chi connectivity index (χ4n) is 2.57. The summed E-state index contributed by atoms with van der Waals surface area (Å²) >= 11 is 0. The van der Waals surface area contributed by atoms with E-state index in [0.29, 0.717) is 18.5 Å². The number of likely N-dealkylation sites (tertiary alicyclic amines) is 1. The summed E-state index contributed by atoms with van der Waals surface area (Å²) < 4.78 is 40.0. The predicted molar refractivity (Wildman–Crippen MR) is 73.8 cm³/mol. The number of hydrogen-bond donors (Lipinski definition) is 1. The molecule has 1 saturated heterocycles. The maximum Gasteiger partial charge on any atom is 0.573 e. The lowest BCUT2D eigenvalue weighted by Gasteiger charge is -2.33. The highest BCUT2D eigenvalue weighted by atomic mass is 19.4. The molecule has 23 heavy (non-hydrogen) atoms. The average Bonchev–Trinajstić information content (AvgIpc) is 2.47. The van der Waals surface area contributed by atoms with Crippen molar-refractivity contribution in [3.05, 3.63) is 29.8 Å². The second-order valence-corrected chi connectivity index (χ2v) is 5.31. The first-order valence-corrected chi connectivity index (χ1v) is 7.13. The number of aliphatic carboxylic acids is 1. The van der Waals surface area contributed by atoms with Crippen LogP contribution in [0, 0.1) is 0 Å². The summed E-state index contributed by atoms with van der Waals surface area (Å²) in [4.78, 5) is 24.8. The van der Waals surface area contributed by atoms with Gasteiger partial charge in [0.2, 0.25) is 5.91 Å². The van der Waals surface area contributed by atoms with Crippen LogP contribution in [0.15, 0.2) is 24.3 Å². The van der Waals surface area contributed by atoms with Gasteiger partial charge in [-0.1, -0.05) is 12.1 Å². The highest BCUT2D eigenvalue weighted by molar-refractivity contribution is 5.85. The zero-order valence-electron chi connectivity index (χ0n) is 12.2. The first-order chi connectivity index (χ1) is 10.8. The normalized spacial score (nSPS) is 18.6. The number of rotatable bonds is 4. The van der Waals surface area contributed by atoms with E-state index in [9.17, 15) is 22.8 Å². The van der Waals surface area contributed by atoms with Gasteiger partial charge in [-0.25, -0.2) is 4.79 Å². The molecule has 0 saturated carbocycles. The second-order valence-electron chi connectivity index (χ2n) is 5.31. The van der Waals surface area contributed by atoms with Gasteiger partial charge in [-0.05, 0) is 37.0 Å². The molecule has 1 heterocycles. The number of carbonyl (C=O) groups is 2. The SMILES string of the molecule is O=C(O)C1CCCCN1C(=O)Cc1ccc(OC(F)(F)F)cc1. The van der Waals surface area contributed by atoms with E-state index < -0.39 is 18.4 Å². The molecule has 0 aliphatic carbocycles. The third-order valence-corrected chi connectivity index (χ3v) is 3.62. The number of carboxylic acids is 1. The van der Waals surface area contributed by atoms with Crippen molar-refractivity contribution in [1.82, 2.24) is 4.90 Å². The Morgan fingerprint density at radius 1 is 1.22 bits per heavy atom. The van der Waals surface area contributed by atoms with Crippen LogP contribution < -0.4 is 4.74 Å². The molecule has 1 N–H and O–H groups in total. The molecule has 1 aromatic rings. The Morgan fingerprint density at radius 3 is 2.43 bits per heavy atom. The van der Waals surface area contributed by atoms with Gasteiger partial charge in [0.05, 0.1) is 6.42 Å². The van der Waals surface area contributed by atoms with Gasteiger partial charge in [0.25, 0.3) is 0 Å². The third kappa shape index (κ3) is 4.87. The fraction of sp³-hybridized carbons (Fsp3) is 0.467. The number of carbonyl (C=O) groups excluding carboxylic acids is 1. The van der Waals surface area contributed by atoms with E-state index in [4.69, 9.17) is 5.11 Å². The average molecular weight is 331 g/mol. The molecule has 126 valence electrons. The van der Waals surface area contributed by atoms with Crippen LogP contribution in [0.1, 0.15) is 24.8 Å². The molecule has 1 fully saturated rings. The first-order valence-electron chi connectivity index (χ1n) is 7.13.